The molecule has 182 valence electrons. The first-order chi connectivity index (χ1) is 13.7. The zero-order chi connectivity index (χ0) is 23.5. The molecule has 11 nitrogen and oxygen atoms in total. The van der Waals surface area contributed by atoms with Crippen LogP contribution in [0.4, 0.5) is 0 Å². The highest BCUT2D eigenvalue weighted by molar-refractivity contribution is 7.69. The van der Waals surface area contributed by atoms with Gasteiger partial charge in [-0.3, -0.25) is 0 Å². The van der Waals surface area contributed by atoms with E-state index in [1.165, 1.54) is 0 Å². The van der Waals surface area contributed by atoms with Crippen LogP contribution in [0, 0.1) is 0 Å². The standard InChI is InChI=1S/C15H36O11P4/c1-4-6-8-10-12-14-15(3,13-11-9-7-5-2)27(16)24-29(20,21)26-30(22,23)25-28(17,18)19/h16H,4-14H2,1-3H3,(H,20,21)(H,22,23)(H2,17,18,19). The van der Waals surface area contributed by atoms with E-state index >= 15 is 0 Å². The average molecular weight is 516 g/mol. The molecule has 0 fully saturated rings. The second-order valence-corrected chi connectivity index (χ2v) is 13.9. The lowest BCUT2D eigenvalue weighted by Crippen LogP contribution is -2.23. The fourth-order valence-electron chi connectivity index (χ4n) is 2.85. The summed E-state index contributed by atoms with van der Waals surface area (Å²) in [4.78, 5) is 46.7. The molecule has 0 aliphatic carbocycles. The minimum atomic E-state index is -5.61. The van der Waals surface area contributed by atoms with Crippen molar-refractivity contribution in [3.05, 3.63) is 0 Å². The van der Waals surface area contributed by atoms with Gasteiger partial charge in [-0.05, 0) is 12.8 Å². The molecular formula is C15H36O11P4. The van der Waals surface area contributed by atoms with Crippen molar-refractivity contribution in [3.8, 4) is 0 Å². The zero-order valence-electron chi connectivity index (χ0n) is 17.8. The van der Waals surface area contributed by atoms with Gasteiger partial charge in [0.1, 0.15) is 0 Å². The molecule has 15 heteroatoms. The molecule has 0 amide bonds. The van der Waals surface area contributed by atoms with Gasteiger partial charge in [0.05, 0.1) is 0 Å². The van der Waals surface area contributed by atoms with Crippen LogP contribution in [0.15, 0.2) is 0 Å². The predicted molar refractivity (Wildman–Crippen MR) is 115 cm³/mol. The van der Waals surface area contributed by atoms with Crippen LogP contribution < -0.4 is 0 Å². The quantitative estimate of drug-likeness (QED) is 0.111. The zero-order valence-corrected chi connectivity index (χ0v) is 21.3. The molecule has 0 bridgehead atoms. The monoisotopic (exact) mass is 516 g/mol. The highest BCUT2D eigenvalue weighted by Crippen LogP contribution is 2.71. The lowest BCUT2D eigenvalue weighted by Gasteiger charge is -2.34. The lowest BCUT2D eigenvalue weighted by atomic mass is 9.95. The molecule has 0 radical (unpaired) electrons. The molecule has 4 atom stereocenters. The van der Waals surface area contributed by atoms with Gasteiger partial charge in [-0.15, -0.1) is 0 Å². The Hall–Kier alpha value is 0.800. The van der Waals surface area contributed by atoms with Crippen molar-refractivity contribution in [2.75, 3.05) is 0 Å². The first-order valence-electron chi connectivity index (χ1n) is 9.99. The maximum Gasteiger partial charge on any atom is 0.490 e. The Bertz CT molecular complexity index is 626. The maximum absolute atomic E-state index is 12.1. The van der Waals surface area contributed by atoms with Gasteiger partial charge in [0.25, 0.3) is 0 Å². The molecule has 0 aromatic rings. The van der Waals surface area contributed by atoms with Crippen LogP contribution in [0.1, 0.15) is 91.4 Å². The van der Waals surface area contributed by atoms with Gasteiger partial charge >= 0.3 is 23.5 Å². The van der Waals surface area contributed by atoms with Gasteiger partial charge < -0.3 is 24.5 Å². The van der Waals surface area contributed by atoms with Gasteiger partial charge in [-0.1, -0.05) is 78.6 Å². The normalized spacial score (nSPS) is 19.6. The fraction of sp³-hybridized carbons (Fsp3) is 1.00. The van der Waals surface area contributed by atoms with Crippen molar-refractivity contribution in [2.24, 2.45) is 0 Å². The molecule has 0 saturated carbocycles. The van der Waals surface area contributed by atoms with Crippen molar-refractivity contribution >= 4 is 31.8 Å². The Labute approximate surface area is 179 Å². The number of rotatable bonds is 18. The SMILES string of the molecule is CCCCCCCC(C)(CCCCCC)P(O)OP(=O)(O)OP(=O)(O)OP(=O)(O)O. The molecule has 0 spiro atoms. The summed E-state index contributed by atoms with van der Waals surface area (Å²) in [5.41, 5.74) is 0. The van der Waals surface area contributed by atoms with E-state index in [0.717, 1.165) is 57.8 Å². The summed E-state index contributed by atoms with van der Waals surface area (Å²) in [7, 11) is -19.0. The molecule has 30 heavy (non-hydrogen) atoms. The Balaban J connectivity index is 5.11. The lowest BCUT2D eigenvalue weighted by molar-refractivity contribution is 0.205. The fourth-order valence-corrected chi connectivity index (χ4v) is 8.01. The van der Waals surface area contributed by atoms with E-state index in [9.17, 15) is 28.4 Å². The second kappa shape index (κ2) is 14.1. The van der Waals surface area contributed by atoms with E-state index in [1.54, 1.807) is 6.92 Å². The third kappa shape index (κ3) is 14.8. The molecule has 4 unspecified atom stereocenters. The van der Waals surface area contributed by atoms with E-state index in [4.69, 9.17) is 14.1 Å². The molecule has 0 aromatic heterocycles. The molecule has 0 aromatic carbocycles. The molecular weight excluding hydrogens is 480 g/mol. The Morgan fingerprint density at radius 2 is 1.17 bits per heavy atom. The summed E-state index contributed by atoms with van der Waals surface area (Å²) < 4.78 is 46.4. The van der Waals surface area contributed by atoms with Crippen LogP contribution >= 0.6 is 31.8 Å². The van der Waals surface area contributed by atoms with E-state index in [2.05, 4.69) is 22.5 Å². The Morgan fingerprint density at radius 1 is 0.733 bits per heavy atom. The summed E-state index contributed by atoms with van der Waals surface area (Å²) in [5, 5.41) is -0.861. The molecule has 0 rings (SSSR count). The van der Waals surface area contributed by atoms with E-state index in [0.29, 0.717) is 12.8 Å². The third-order valence-corrected chi connectivity index (χ3v) is 10.6. The van der Waals surface area contributed by atoms with Crippen molar-refractivity contribution < 1.29 is 51.1 Å². The van der Waals surface area contributed by atoms with E-state index < -0.39 is 37.0 Å². The Kier molecular flexibility index (Phi) is 14.5. The van der Waals surface area contributed by atoms with Gasteiger partial charge in [-0.2, -0.15) is 8.62 Å². The van der Waals surface area contributed by atoms with E-state index in [1.807, 2.05) is 0 Å². The summed E-state index contributed by atoms with van der Waals surface area (Å²) >= 11 is 0. The van der Waals surface area contributed by atoms with Crippen molar-refractivity contribution in [2.45, 2.75) is 96.6 Å². The van der Waals surface area contributed by atoms with Crippen LogP contribution in [0.5, 0.6) is 0 Å². The summed E-state index contributed by atoms with van der Waals surface area (Å²) in [6.45, 7) is 5.86. The van der Waals surface area contributed by atoms with Crippen molar-refractivity contribution in [3.63, 3.8) is 0 Å². The van der Waals surface area contributed by atoms with E-state index in [-0.39, 0.29) is 0 Å². The average Bonchev–Trinajstić information content (AvgIpc) is 2.54. The predicted octanol–water partition coefficient (Wildman–Crippen LogP) is 5.72. The minimum absolute atomic E-state index is 0.513. The summed E-state index contributed by atoms with van der Waals surface area (Å²) in [5.74, 6) is 0. The highest BCUT2D eigenvalue weighted by atomic mass is 31.3. The minimum Gasteiger partial charge on any atom is -0.349 e. The molecule has 0 aliphatic rings. The van der Waals surface area contributed by atoms with Crippen LogP contribution in [-0.2, 0) is 26.6 Å². The van der Waals surface area contributed by atoms with Crippen LogP contribution in [-0.4, -0.2) is 29.6 Å². The van der Waals surface area contributed by atoms with Crippen molar-refractivity contribution in [1.29, 1.82) is 0 Å². The number of hydrogen-bond donors (Lipinski definition) is 5. The van der Waals surface area contributed by atoms with Crippen molar-refractivity contribution in [1.82, 2.24) is 0 Å². The summed E-state index contributed by atoms with van der Waals surface area (Å²) in [6.07, 6.45) is 9.62. The van der Waals surface area contributed by atoms with Crippen LogP contribution in [0.25, 0.3) is 0 Å². The van der Waals surface area contributed by atoms with Gasteiger partial charge in [-0.25, -0.2) is 18.0 Å². The number of hydrogen-bond acceptors (Lipinski definition) is 7. The van der Waals surface area contributed by atoms with Crippen LogP contribution in [0.2, 0.25) is 0 Å². The second-order valence-electron chi connectivity index (χ2n) is 7.42. The van der Waals surface area contributed by atoms with Gasteiger partial charge in [0, 0.05) is 5.16 Å². The molecule has 0 saturated heterocycles. The van der Waals surface area contributed by atoms with Gasteiger partial charge in [0.2, 0.25) is 0 Å². The van der Waals surface area contributed by atoms with Gasteiger partial charge in [0.15, 0.2) is 8.38 Å². The number of phosphoric acid groups is 3. The third-order valence-electron chi connectivity index (χ3n) is 4.45. The summed E-state index contributed by atoms with van der Waals surface area (Å²) in [6, 6.07) is 0. The smallest absolute Gasteiger partial charge is 0.349 e. The largest absolute Gasteiger partial charge is 0.490 e. The number of unbranched alkanes of at least 4 members (excludes halogenated alkanes) is 7. The van der Waals surface area contributed by atoms with Crippen LogP contribution in [0.3, 0.4) is 0 Å². The molecule has 0 aliphatic heterocycles. The first-order valence-corrected chi connectivity index (χ1v) is 15.7. The maximum atomic E-state index is 12.1. The highest BCUT2D eigenvalue weighted by Gasteiger charge is 2.45. The molecule has 5 N–H and O–H groups in total. The Morgan fingerprint density at radius 3 is 1.60 bits per heavy atom. The first kappa shape index (κ1) is 30.8. The molecule has 0 heterocycles. The topological polar surface area (TPSA) is 180 Å².